The number of methoxy groups -OCH3 is 2. The maximum Gasteiger partial charge on any atom is 0.343 e. The first kappa shape index (κ1) is 27.4. The lowest BCUT2D eigenvalue weighted by atomic mass is 10.1. The number of aromatic nitrogens is 1. The number of esters is 1. The average Bonchev–Trinajstić information content (AvgIpc) is 3.41. The summed E-state index contributed by atoms with van der Waals surface area (Å²) in [6, 6.07) is 17.3. The van der Waals surface area contributed by atoms with Gasteiger partial charge in [0, 0.05) is 10.9 Å². The molecule has 3 aromatic carbocycles. The Labute approximate surface area is 239 Å². The predicted octanol–water partition coefficient (Wildman–Crippen LogP) is 4.75. The van der Waals surface area contributed by atoms with Crippen molar-refractivity contribution in [3.05, 3.63) is 94.6 Å². The maximum absolute atomic E-state index is 12.7. The van der Waals surface area contributed by atoms with E-state index in [4.69, 9.17) is 24.0 Å². The van der Waals surface area contributed by atoms with E-state index in [0.717, 1.165) is 11.3 Å². The van der Waals surface area contributed by atoms with E-state index in [1.54, 1.807) is 66.5 Å². The molecule has 1 aliphatic rings. The number of carbonyl (C=O) groups is 2. The van der Waals surface area contributed by atoms with E-state index >= 15 is 0 Å². The van der Waals surface area contributed by atoms with Crippen molar-refractivity contribution >= 4 is 35.1 Å². The molecule has 41 heavy (non-hydrogen) atoms. The second-order valence-electron chi connectivity index (χ2n) is 8.67. The van der Waals surface area contributed by atoms with Crippen molar-refractivity contribution in [1.29, 1.82) is 0 Å². The molecule has 0 atom stereocenters. The minimum atomic E-state index is -0.522. The number of hydrogen-bond donors (Lipinski definition) is 1. The van der Waals surface area contributed by atoms with Gasteiger partial charge in [-0.15, -0.1) is 17.9 Å². The number of hydrogen-bond acceptors (Lipinski definition) is 9. The average molecular weight is 571 g/mol. The van der Waals surface area contributed by atoms with Crippen molar-refractivity contribution in [3.8, 4) is 34.3 Å². The molecule has 0 aliphatic carbocycles. The Balaban J connectivity index is 1.43. The van der Waals surface area contributed by atoms with E-state index in [-0.39, 0.29) is 18.3 Å². The molecule has 11 heteroatoms. The largest absolute Gasteiger partial charge is 0.497 e. The topological polar surface area (TPSA) is 113 Å². The van der Waals surface area contributed by atoms with Crippen LogP contribution < -0.4 is 29.1 Å². The summed E-state index contributed by atoms with van der Waals surface area (Å²) in [6.07, 6.45) is 3.36. The predicted molar refractivity (Wildman–Crippen MR) is 156 cm³/mol. The summed E-state index contributed by atoms with van der Waals surface area (Å²) in [4.78, 5) is 29.7. The molecule has 4 aromatic rings. The molecule has 0 unspecified atom stereocenters. The van der Waals surface area contributed by atoms with Crippen molar-refractivity contribution in [3.63, 3.8) is 0 Å². The number of anilines is 1. The third-order valence-electron chi connectivity index (χ3n) is 5.99. The monoisotopic (exact) mass is 570 g/mol. The Morgan fingerprint density at radius 1 is 1.10 bits per heavy atom. The highest BCUT2D eigenvalue weighted by Gasteiger charge is 2.18. The molecule has 0 spiro atoms. The summed E-state index contributed by atoms with van der Waals surface area (Å²) < 4.78 is 23.4. The SMILES string of the molecule is C=CCN=c1scc(-c2ccc3c(c2)NC(=O)CO3)n1N=Cc1ccc(OC(=O)c2ccc(OC)cc2)c(OC)c1. The molecule has 1 aromatic heterocycles. The summed E-state index contributed by atoms with van der Waals surface area (Å²) in [7, 11) is 3.05. The Morgan fingerprint density at radius 3 is 2.68 bits per heavy atom. The molecule has 1 N–H and O–H groups in total. The van der Waals surface area contributed by atoms with Crippen LogP contribution in [0.15, 0.2) is 88.8 Å². The molecule has 5 rings (SSSR count). The van der Waals surface area contributed by atoms with Crippen LogP contribution in [0.2, 0.25) is 0 Å². The van der Waals surface area contributed by atoms with Gasteiger partial charge in [-0.25, -0.2) is 9.47 Å². The second kappa shape index (κ2) is 12.3. The third kappa shape index (κ3) is 6.20. The fourth-order valence-electron chi connectivity index (χ4n) is 3.96. The number of amides is 1. The van der Waals surface area contributed by atoms with Gasteiger partial charge in [-0.05, 0) is 66.2 Å². The minimum Gasteiger partial charge on any atom is -0.497 e. The molecule has 10 nitrogen and oxygen atoms in total. The Hall–Kier alpha value is -5.16. The van der Waals surface area contributed by atoms with Crippen molar-refractivity contribution in [2.45, 2.75) is 0 Å². The number of carbonyl (C=O) groups excluding carboxylic acids is 2. The third-order valence-corrected chi connectivity index (χ3v) is 6.84. The normalized spacial score (nSPS) is 12.8. The number of fused-ring (bicyclic) bond motifs is 1. The van der Waals surface area contributed by atoms with Crippen LogP contribution >= 0.6 is 11.3 Å². The van der Waals surface area contributed by atoms with Gasteiger partial charge in [0.25, 0.3) is 5.91 Å². The number of nitrogens with one attached hydrogen (secondary N) is 1. The van der Waals surface area contributed by atoms with Gasteiger partial charge < -0.3 is 24.3 Å². The lowest BCUT2D eigenvalue weighted by molar-refractivity contribution is -0.118. The summed E-state index contributed by atoms with van der Waals surface area (Å²) in [5, 5.41) is 9.48. The first-order valence-electron chi connectivity index (χ1n) is 12.5. The van der Waals surface area contributed by atoms with E-state index in [9.17, 15) is 9.59 Å². The molecule has 0 fully saturated rings. The molecule has 0 saturated carbocycles. The Morgan fingerprint density at radius 2 is 1.93 bits per heavy atom. The first-order valence-corrected chi connectivity index (χ1v) is 13.3. The zero-order valence-corrected chi connectivity index (χ0v) is 23.1. The minimum absolute atomic E-state index is 0.0113. The van der Waals surface area contributed by atoms with Crippen LogP contribution in [0.4, 0.5) is 5.69 Å². The van der Waals surface area contributed by atoms with Crippen molar-refractivity contribution in [2.24, 2.45) is 10.1 Å². The van der Waals surface area contributed by atoms with Crippen LogP contribution in [0.5, 0.6) is 23.0 Å². The zero-order valence-electron chi connectivity index (χ0n) is 22.3. The lowest BCUT2D eigenvalue weighted by Gasteiger charge is -2.18. The van der Waals surface area contributed by atoms with Gasteiger partial charge in [0.15, 0.2) is 18.1 Å². The first-order chi connectivity index (χ1) is 20.0. The van der Waals surface area contributed by atoms with Gasteiger partial charge in [-0.3, -0.25) is 9.79 Å². The number of nitrogens with zero attached hydrogens (tertiary/aromatic N) is 3. The van der Waals surface area contributed by atoms with Gasteiger partial charge in [-0.2, -0.15) is 5.10 Å². The fourth-order valence-corrected chi connectivity index (χ4v) is 4.81. The summed E-state index contributed by atoms with van der Waals surface area (Å²) >= 11 is 1.43. The van der Waals surface area contributed by atoms with Gasteiger partial charge in [0.05, 0.1) is 43.9 Å². The number of benzene rings is 3. The van der Waals surface area contributed by atoms with Crippen molar-refractivity contribution in [2.75, 3.05) is 32.7 Å². The van der Waals surface area contributed by atoms with Crippen LogP contribution in [0, 0.1) is 0 Å². The molecular formula is C30H26N4O6S. The highest BCUT2D eigenvalue weighted by atomic mass is 32.1. The zero-order chi connectivity index (χ0) is 28.8. The quantitative estimate of drug-likeness (QED) is 0.135. The van der Waals surface area contributed by atoms with E-state index < -0.39 is 5.97 Å². The van der Waals surface area contributed by atoms with Crippen molar-refractivity contribution < 1.29 is 28.5 Å². The van der Waals surface area contributed by atoms with Gasteiger partial charge in [0.1, 0.15) is 11.5 Å². The van der Waals surface area contributed by atoms with Crippen LogP contribution in [-0.4, -0.2) is 50.1 Å². The molecular weight excluding hydrogens is 544 g/mol. The second-order valence-corrected chi connectivity index (χ2v) is 9.50. The molecule has 208 valence electrons. The van der Waals surface area contributed by atoms with Gasteiger partial charge in [-0.1, -0.05) is 6.08 Å². The lowest BCUT2D eigenvalue weighted by Crippen LogP contribution is -2.25. The molecule has 0 bridgehead atoms. The number of thiazole rings is 1. The van der Waals surface area contributed by atoms with Crippen LogP contribution in [0.1, 0.15) is 15.9 Å². The smallest absolute Gasteiger partial charge is 0.343 e. The molecule has 0 radical (unpaired) electrons. The molecule has 1 aliphatic heterocycles. The molecule has 2 heterocycles. The van der Waals surface area contributed by atoms with Crippen LogP contribution in [-0.2, 0) is 4.79 Å². The van der Waals surface area contributed by atoms with E-state index in [0.29, 0.717) is 45.4 Å². The number of rotatable bonds is 9. The Kier molecular flexibility index (Phi) is 8.26. The summed E-state index contributed by atoms with van der Waals surface area (Å²) in [5.41, 5.74) is 3.27. The van der Waals surface area contributed by atoms with Crippen molar-refractivity contribution in [1.82, 2.24) is 4.68 Å². The van der Waals surface area contributed by atoms with E-state index in [1.165, 1.54) is 18.4 Å². The van der Waals surface area contributed by atoms with Crippen LogP contribution in [0.3, 0.4) is 0 Å². The molecule has 1 amide bonds. The highest BCUT2D eigenvalue weighted by Crippen LogP contribution is 2.33. The van der Waals surface area contributed by atoms with Crippen LogP contribution in [0.25, 0.3) is 11.3 Å². The van der Waals surface area contributed by atoms with Gasteiger partial charge >= 0.3 is 5.97 Å². The number of ether oxygens (including phenoxy) is 4. The molecule has 0 saturated heterocycles. The highest BCUT2D eigenvalue weighted by molar-refractivity contribution is 7.07. The van der Waals surface area contributed by atoms with Gasteiger partial charge in [0.2, 0.25) is 4.80 Å². The standard InChI is InChI=1S/C30H26N4O6S/c1-4-13-31-30-34(24(18-41-30)21-8-12-25-23(15-21)33-28(35)17-39-25)32-16-19-5-11-26(27(14-19)38-3)40-29(36)20-6-9-22(37-2)10-7-20/h4-12,14-16,18H,1,13,17H2,2-3H3,(H,33,35). The van der Waals surface area contributed by atoms with E-state index in [2.05, 4.69) is 16.9 Å². The fraction of sp³-hybridized carbons (Fsp3) is 0.133. The van der Waals surface area contributed by atoms with E-state index in [1.807, 2.05) is 23.6 Å². The summed E-state index contributed by atoms with van der Waals surface area (Å²) in [5.74, 6) is 1.16. The summed E-state index contributed by atoms with van der Waals surface area (Å²) in [6.45, 7) is 4.16. The Bertz CT molecular complexity index is 1700. The maximum atomic E-state index is 12.7.